The van der Waals surface area contributed by atoms with Crippen molar-refractivity contribution in [2.45, 2.75) is 42.8 Å². The summed E-state index contributed by atoms with van der Waals surface area (Å²) in [6.45, 7) is 1.61. The Morgan fingerprint density at radius 3 is 2.82 bits per heavy atom. The molecule has 1 aliphatic rings. The number of rotatable bonds is 6. The number of anilines is 1. The summed E-state index contributed by atoms with van der Waals surface area (Å²) in [5.41, 5.74) is 1.36. The van der Waals surface area contributed by atoms with E-state index in [1.807, 2.05) is 19.3 Å². The second kappa shape index (κ2) is 7.16. The molecule has 9 heteroatoms. The molecule has 0 radical (unpaired) electrons. The standard InChI is InChI=1S/C19H23N5O3S/c1-12(25)13-4-3-5-16(8-13)28(26,27)23-14-9-15(10-14)24(2)19-17-6-7-20-18(17)21-11-22-19/h3-8,11-12,14-15,23,25H,9-10H2,1-2H3,(H,20,21,22). The third-order valence-electron chi connectivity index (χ3n) is 5.30. The number of hydrogen-bond donors (Lipinski definition) is 3. The molecule has 2 aromatic heterocycles. The van der Waals surface area contributed by atoms with Crippen molar-refractivity contribution >= 4 is 26.9 Å². The molecule has 148 valence electrons. The minimum atomic E-state index is -3.63. The smallest absolute Gasteiger partial charge is 0.240 e. The Balaban J connectivity index is 1.43. The highest BCUT2D eigenvalue weighted by atomic mass is 32.2. The zero-order valence-corrected chi connectivity index (χ0v) is 16.5. The topological polar surface area (TPSA) is 111 Å². The van der Waals surface area contributed by atoms with Crippen LogP contribution in [-0.2, 0) is 10.0 Å². The van der Waals surface area contributed by atoms with Crippen LogP contribution in [0.25, 0.3) is 11.0 Å². The Kier molecular flexibility index (Phi) is 4.82. The maximum atomic E-state index is 12.7. The van der Waals surface area contributed by atoms with E-state index in [1.54, 1.807) is 25.1 Å². The minimum absolute atomic E-state index is 0.129. The number of H-pyrrole nitrogens is 1. The molecule has 0 bridgehead atoms. The van der Waals surface area contributed by atoms with Crippen molar-refractivity contribution in [3.05, 3.63) is 48.4 Å². The molecule has 3 N–H and O–H groups in total. The highest BCUT2D eigenvalue weighted by Crippen LogP contribution is 2.32. The summed E-state index contributed by atoms with van der Waals surface area (Å²) >= 11 is 0. The number of nitrogens with one attached hydrogen (secondary N) is 2. The van der Waals surface area contributed by atoms with E-state index in [0.29, 0.717) is 18.4 Å². The van der Waals surface area contributed by atoms with Gasteiger partial charge in [-0.25, -0.2) is 23.1 Å². The molecule has 1 saturated carbocycles. The monoisotopic (exact) mass is 401 g/mol. The Labute approximate surface area is 163 Å². The average molecular weight is 401 g/mol. The second-order valence-corrected chi connectivity index (χ2v) is 8.95. The first-order chi connectivity index (χ1) is 13.3. The zero-order valence-electron chi connectivity index (χ0n) is 15.7. The molecule has 2 heterocycles. The van der Waals surface area contributed by atoms with Crippen LogP contribution < -0.4 is 9.62 Å². The summed E-state index contributed by atoms with van der Waals surface area (Å²) in [6, 6.07) is 8.42. The summed E-state index contributed by atoms with van der Waals surface area (Å²) in [5.74, 6) is 0.835. The van der Waals surface area contributed by atoms with Crippen LogP contribution in [0.2, 0.25) is 0 Å². The zero-order chi connectivity index (χ0) is 19.9. The first-order valence-corrected chi connectivity index (χ1v) is 10.6. The third kappa shape index (κ3) is 3.48. The number of fused-ring (bicyclic) bond motifs is 1. The van der Waals surface area contributed by atoms with Crippen LogP contribution in [0.3, 0.4) is 0 Å². The minimum Gasteiger partial charge on any atom is -0.389 e. The number of aromatic amines is 1. The van der Waals surface area contributed by atoms with Gasteiger partial charge in [-0.3, -0.25) is 0 Å². The van der Waals surface area contributed by atoms with Crippen molar-refractivity contribution in [2.24, 2.45) is 0 Å². The van der Waals surface area contributed by atoms with Crippen molar-refractivity contribution in [1.82, 2.24) is 19.7 Å². The molecule has 8 nitrogen and oxygen atoms in total. The molecule has 0 saturated heterocycles. The van der Waals surface area contributed by atoms with Crippen molar-refractivity contribution in [1.29, 1.82) is 0 Å². The van der Waals surface area contributed by atoms with E-state index in [9.17, 15) is 13.5 Å². The van der Waals surface area contributed by atoms with E-state index in [-0.39, 0.29) is 17.0 Å². The van der Waals surface area contributed by atoms with Crippen LogP contribution in [0, 0.1) is 0 Å². The van der Waals surface area contributed by atoms with E-state index in [1.165, 1.54) is 12.4 Å². The molecule has 0 amide bonds. The summed E-state index contributed by atoms with van der Waals surface area (Å²) in [7, 11) is -1.66. The Hall–Kier alpha value is -2.49. The van der Waals surface area contributed by atoms with Gasteiger partial charge in [0, 0.05) is 25.3 Å². The number of sulfonamides is 1. The van der Waals surface area contributed by atoms with Crippen LogP contribution >= 0.6 is 0 Å². The molecule has 1 unspecified atom stereocenters. The molecule has 0 aliphatic heterocycles. The van der Waals surface area contributed by atoms with E-state index in [4.69, 9.17) is 0 Å². The Morgan fingerprint density at radius 2 is 2.07 bits per heavy atom. The van der Waals surface area contributed by atoms with Crippen molar-refractivity contribution in [2.75, 3.05) is 11.9 Å². The van der Waals surface area contributed by atoms with Gasteiger partial charge in [-0.15, -0.1) is 0 Å². The van der Waals surface area contributed by atoms with E-state index < -0.39 is 16.1 Å². The van der Waals surface area contributed by atoms with E-state index >= 15 is 0 Å². The summed E-state index contributed by atoms with van der Waals surface area (Å²) < 4.78 is 28.1. The predicted octanol–water partition coefficient (Wildman–Crippen LogP) is 1.96. The van der Waals surface area contributed by atoms with Crippen LogP contribution in [0.4, 0.5) is 5.82 Å². The molecule has 1 fully saturated rings. The number of benzene rings is 1. The molecular weight excluding hydrogens is 378 g/mol. The molecular formula is C19H23N5O3S. The van der Waals surface area contributed by atoms with Gasteiger partial charge in [-0.2, -0.15) is 0 Å². The van der Waals surface area contributed by atoms with Crippen LogP contribution in [0.5, 0.6) is 0 Å². The normalized spacial score (nSPS) is 20.7. The van der Waals surface area contributed by atoms with Gasteiger partial charge < -0.3 is 15.0 Å². The molecule has 4 rings (SSSR count). The number of aromatic nitrogens is 3. The lowest BCUT2D eigenvalue weighted by Crippen LogP contribution is -2.53. The van der Waals surface area contributed by atoms with Gasteiger partial charge in [0.1, 0.15) is 17.8 Å². The molecule has 0 spiro atoms. The Morgan fingerprint density at radius 1 is 1.29 bits per heavy atom. The number of aliphatic hydroxyl groups is 1. The maximum Gasteiger partial charge on any atom is 0.240 e. The van der Waals surface area contributed by atoms with Gasteiger partial charge in [0.05, 0.1) is 16.4 Å². The fourth-order valence-corrected chi connectivity index (χ4v) is 4.86. The fraction of sp³-hybridized carbons (Fsp3) is 0.368. The quantitative estimate of drug-likeness (QED) is 0.582. The van der Waals surface area contributed by atoms with Crippen molar-refractivity contribution in [3.8, 4) is 0 Å². The second-order valence-electron chi connectivity index (χ2n) is 7.24. The van der Waals surface area contributed by atoms with Crippen LogP contribution in [-0.4, -0.2) is 47.6 Å². The van der Waals surface area contributed by atoms with E-state index in [2.05, 4.69) is 24.6 Å². The summed E-state index contributed by atoms with van der Waals surface area (Å²) in [5, 5.41) is 10.6. The third-order valence-corrected chi connectivity index (χ3v) is 6.82. The lowest BCUT2D eigenvalue weighted by Gasteiger charge is -2.41. The first-order valence-electron chi connectivity index (χ1n) is 9.16. The molecule has 1 aliphatic carbocycles. The van der Waals surface area contributed by atoms with Gasteiger partial charge >= 0.3 is 0 Å². The van der Waals surface area contributed by atoms with E-state index in [0.717, 1.165) is 16.9 Å². The largest absolute Gasteiger partial charge is 0.389 e. The van der Waals surface area contributed by atoms with Gasteiger partial charge in [-0.1, -0.05) is 12.1 Å². The van der Waals surface area contributed by atoms with Gasteiger partial charge in [0.25, 0.3) is 0 Å². The Bertz CT molecular complexity index is 1090. The SMILES string of the molecule is CC(O)c1cccc(S(=O)(=O)NC2CC(N(C)c3ncnc4[nH]ccc34)C2)c1. The lowest BCUT2D eigenvalue weighted by molar-refractivity contribution is 0.199. The van der Waals surface area contributed by atoms with Crippen LogP contribution in [0.1, 0.15) is 31.4 Å². The van der Waals surface area contributed by atoms with Gasteiger partial charge in [0.2, 0.25) is 10.0 Å². The first kappa shape index (κ1) is 18.9. The fourth-order valence-electron chi connectivity index (χ4n) is 3.54. The molecule has 28 heavy (non-hydrogen) atoms. The van der Waals surface area contributed by atoms with Gasteiger partial charge in [0.15, 0.2) is 0 Å². The van der Waals surface area contributed by atoms with Crippen molar-refractivity contribution < 1.29 is 13.5 Å². The highest BCUT2D eigenvalue weighted by molar-refractivity contribution is 7.89. The average Bonchev–Trinajstić information content (AvgIpc) is 3.12. The molecule has 1 atom stereocenters. The lowest BCUT2D eigenvalue weighted by atomic mass is 9.86. The predicted molar refractivity (Wildman–Crippen MR) is 106 cm³/mol. The number of aliphatic hydroxyl groups excluding tert-OH is 1. The maximum absolute atomic E-state index is 12.7. The van der Waals surface area contributed by atoms with Gasteiger partial charge in [-0.05, 0) is 43.5 Å². The molecule has 3 aromatic rings. The summed E-state index contributed by atoms with van der Waals surface area (Å²) in [4.78, 5) is 13.9. The highest BCUT2D eigenvalue weighted by Gasteiger charge is 2.36. The molecule has 1 aromatic carbocycles. The van der Waals surface area contributed by atoms with Crippen molar-refractivity contribution in [3.63, 3.8) is 0 Å². The number of hydrogen-bond acceptors (Lipinski definition) is 6. The summed E-state index contributed by atoms with van der Waals surface area (Å²) in [6.07, 6.45) is 4.03. The number of nitrogens with zero attached hydrogens (tertiary/aromatic N) is 3. The van der Waals surface area contributed by atoms with Crippen LogP contribution in [0.15, 0.2) is 47.8 Å².